The average Bonchev–Trinajstić information content (AvgIpc) is 2.39. The van der Waals surface area contributed by atoms with Crippen molar-refractivity contribution < 1.29 is 4.79 Å². The van der Waals surface area contributed by atoms with Crippen LogP contribution in [0.1, 0.15) is 0 Å². The summed E-state index contributed by atoms with van der Waals surface area (Å²) in [6.45, 7) is 4.07. The highest BCUT2D eigenvalue weighted by Crippen LogP contribution is 2.32. The Labute approximate surface area is 133 Å². The molecule has 7 heteroatoms. The Bertz CT molecular complexity index is 502. The molecule has 1 aliphatic heterocycles. The molecule has 0 spiro atoms. The lowest BCUT2D eigenvalue weighted by Crippen LogP contribution is -2.47. The van der Waals surface area contributed by atoms with Gasteiger partial charge in [-0.1, -0.05) is 34.8 Å². The Morgan fingerprint density at radius 3 is 2.35 bits per heavy atom. The number of piperazine rings is 1. The molecule has 1 fully saturated rings. The van der Waals surface area contributed by atoms with Gasteiger partial charge >= 0.3 is 0 Å². The topological polar surface area (TPSA) is 35.6 Å². The van der Waals surface area contributed by atoms with Crippen LogP contribution in [-0.2, 0) is 4.79 Å². The van der Waals surface area contributed by atoms with E-state index in [9.17, 15) is 4.79 Å². The number of anilines is 1. The lowest BCUT2D eigenvalue weighted by molar-refractivity contribution is -0.117. The predicted octanol–water partition coefficient (Wildman–Crippen LogP) is 2.83. The smallest absolute Gasteiger partial charge is 0.238 e. The minimum atomic E-state index is -0.102. The van der Waals surface area contributed by atoms with E-state index in [0.29, 0.717) is 27.3 Å². The van der Waals surface area contributed by atoms with E-state index in [-0.39, 0.29) is 5.91 Å². The molecule has 0 unspecified atom stereocenters. The molecular formula is C13H16Cl3N3O. The second-order valence-corrected chi connectivity index (χ2v) is 6.10. The molecule has 0 radical (unpaired) electrons. The monoisotopic (exact) mass is 335 g/mol. The van der Waals surface area contributed by atoms with Crippen LogP contribution in [0.5, 0.6) is 0 Å². The lowest BCUT2D eigenvalue weighted by atomic mass is 10.3. The van der Waals surface area contributed by atoms with Gasteiger partial charge in [-0.05, 0) is 19.2 Å². The Hall–Kier alpha value is -0.520. The zero-order valence-corrected chi connectivity index (χ0v) is 13.4. The Balaban J connectivity index is 1.93. The first-order valence-corrected chi connectivity index (χ1v) is 7.44. The second-order valence-electron chi connectivity index (χ2n) is 4.87. The lowest BCUT2D eigenvalue weighted by Gasteiger charge is -2.31. The van der Waals surface area contributed by atoms with Crippen LogP contribution in [0, 0.1) is 0 Å². The van der Waals surface area contributed by atoms with E-state index in [1.807, 2.05) is 0 Å². The molecule has 0 saturated carbocycles. The molecule has 1 amide bonds. The molecule has 0 bridgehead atoms. The van der Waals surface area contributed by atoms with Gasteiger partial charge in [0.25, 0.3) is 0 Å². The number of amides is 1. The quantitative estimate of drug-likeness (QED) is 0.862. The summed E-state index contributed by atoms with van der Waals surface area (Å²) in [5.41, 5.74) is 0.486. The number of carbonyl (C=O) groups is 1. The Kier molecular flexibility index (Phi) is 5.52. The van der Waals surface area contributed by atoms with E-state index >= 15 is 0 Å². The highest BCUT2D eigenvalue weighted by atomic mass is 35.5. The van der Waals surface area contributed by atoms with E-state index < -0.39 is 0 Å². The first-order chi connectivity index (χ1) is 9.45. The van der Waals surface area contributed by atoms with Crippen molar-refractivity contribution in [3.8, 4) is 0 Å². The maximum atomic E-state index is 12.0. The number of rotatable bonds is 3. The van der Waals surface area contributed by atoms with E-state index in [0.717, 1.165) is 26.2 Å². The van der Waals surface area contributed by atoms with Crippen molar-refractivity contribution in [3.63, 3.8) is 0 Å². The number of carbonyl (C=O) groups excluding carboxylic acids is 1. The van der Waals surface area contributed by atoms with Gasteiger partial charge in [-0.15, -0.1) is 0 Å². The van der Waals surface area contributed by atoms with Gasteiger partial charge in [0.1, 0.15) is 0 Å². The zero-order chi connectivity index (χ0) is 14.7. The van der Waals surface area contributed by atoms with Gasteiger partial charge in [0.15, 0.2) is 0 Å². The number of benzene rings is 1. The van der Waals surface area contributed by atoms with Crippen LogP contribution in [-0.4, -0.2) is 55.5 Å². The maximum Gasteiger partial charge on any atom is 0.238 e. The number of hydrogen-bond acceptors (Lipinski definition) is 3. The van der Waals surface area contributed by atoms with Crippen molar-refractivity contribution in [2.24, 2.45) is 0 Å². The largest absolute Gasteiger partial charge is 0.324 e. The van der Waals surface area contributed by atoms with Crippen molar-refractivity contribution >= 4 is 46.4 Å². The van der Waals surface area contributed by atoms with Gasteiger partial charge in [0, 0.05) is 26.2 Å². The molecule has 1 aromatic rings. The van der Waals surface area contributed by atoms with Gasteiger partial charge in [-0.2, -0.15) is 0 Å². The third kappa shape index (κ3) is 4.24. The standard InChI is InChI=1S/C13H16Cl3N3O/c1-18-2-4-19(5-3-18)8-13(20)17-12-7-10(15)9(14)6-11(12)16/h6-7H,2-5,8H2,1H3,(H,17,20). The second kappa shape index (κ2) is 6.96. The summed E-state index contributed by atoms with van der Waals surface area (Å²) in [4.78, 5) is 16.4. The molecule has 110 valence electrons. The summed E-state index contributed by atoms with van der Waals surface area (Å²) in [7, 11) is 2.08. The number of hydrogen-bond donors (Lipinski definition) is 1. The molecular weight excluding hydrogens is 321 g/mol. The molecule has 4 nitrogen and oxygen atoms in total. The van der Waals surface area contributed by atoms with Crippen molar-refractivity contribution in [2.75, 3.05) is 45.1 Å². The normalized spacial score (nSPS) is 17.2. The number of nitrogens with zero attached hydrogens (tertiary/aromatic N) is 2. The first-order valence-electron chi connectivity index (χ1n) is 6.31. The molecule has 1 saturated heterocycles. The van der Waals surface area contributed by atoms with E-state index in [2.05, 4.69) is 22.2 Å². The molecule has 0 aromatic heterocycles. The van der Waals surface area contributed by atoms with Gasteiger partial charge < -0.3 is 10.2 Å². The fraction of sp³-hybridized carbons (Fsp3) is 0.462. The van der Waals surface area contributed by atoms with Crippen LogP contribution in [0.15, 0.2) is 12.1 Å². The van der Waals surface area contributed by atoms with Gasteiger partial charge in [0.2, 0.25) is 5.91 Å². The summed E-state index contributed by atoms with van der Waals surface area (Å²) >= 11 is 17.8. The third-order valence-corrected chi connectivity index (χ3v) is 4.28. The summed E-state index contributed by atoms with van der Waals surface area (Å²) in [6, 6.07) is 3.09. The van der Waals surface area contributed by atoms with E-state index in [1.54, 1.807) is 6.07 Å². The number of likely N-dealkylation sites (N-methyl/N-ethyl adjacent to an activating group) is 1. The van der Waals surface area contributed by atoms with Crippen molar-refractivity contribution in [1.82, 2.24) is 9.80 Å². The van der Waals surface area contributed by atoms with Crippen LogP contribution in [0.25, 0.3) is 0 Å². The fourth-order valence-corrected chi connectivity index (χ4v) is 2.61. The zero-order valence-electron chi connectivity index (χ0n) is 11.1. The van der Waals surface area contributed by atoms with E-state index in [1.165, 1.54) is 6.07 Å². The Morgan fingerprint density at radius 2 is 1.70 bits per heavy atom. The summed E-state index contributed by atoms with van der Waals surface area (Å²) in [5.74, 6) is -0.102. The van der Waals surface area contributed by atoms with E-state index in [4.69, 9.17) is 34.8 Å². The van der Waals surface area contributed by atoms with Crippen molar-refractivity contribution in [1.29, 1.82) is 0 Å². The molecule has 1 aromatic carbocycles. The first kappa shape index (κ1) is 15.9. The fourth-order valence-electron chi connectivity index (χ4n) is 2.02. The van der Waals surface area contributed by atoms with Crippen LogP contribution < -0.4 is 5.32 Å². The van der Waals surface area contributed by atoms with Crippen LogP contribution >= 0.6 is 34.8 Å². The summed E-state index contributed by atoms with van der Waals surface area (Å²) in [5, 5.41) is 3.88. The molecule has 1 aliphatic rings. The van der Waals surface area contributed by atoms with Crippen LogP contribution in [0.2, 0.25) is 15.1 Å². The maximum absolute atomic E-state index is 12.0. The number of nitrogens with one attached hydrogen (secondary N) is 1. The van der Waals surface area contributed by atoms with Crippen LogP contribution in [0.3, 0.4) is 0 Å². The molecule has 1 heterocycles. The molecule has 0 aliphatic carbocycles. The molecule has 20 heavy (non-hydrogen) atoms. The highest BCUT2D eigenvalue weighted by Gasteiger charge is 2.17. The highest BCUT2D eigenvalue weighted by molar-refractivity contribution is 6.44. The van der Waals surface area contributed by atoms with Crippen molar-refractivity contribution in [2.45, 2.75) is 0 Å². The minimum Gasteiger partial charge on any atom is -0.324 e. The third-order valence-electron chi connectivity index (χ3n) is 3.25. The summed E-state index contributed by atoms with van der Waals surface area (Å²) in [6.07, 6.45) is 0. The average molecular weight is 337 g/mol. The van der Waals surface area contributed by atoms with Crippen LogP contribution in [0.4, 0.5) is 5.69 Å². The molecule has 2 rings (SSSR count). The minimum absolute atomic E-state index is 0.102. The van der Waals surface area contributed by atoms with Gasteiger partial charge in [-0.25, -0.2) is 0 Å². The number of halogens is 3. The molecule has 1 N–H and O–H groups in total. The summed E-state index contributed by atoms with van der Waals surface area (Å²) < 4.78 is 0. The SMILES string of the molecule is CN1CCN(CC(=O)Nc2cc(Cl)c(Cl)cc2Cl)CC1. The van der Waals surface area contributed by atoms with Gasteiger partial charge in [0.05, 0.1) is 27.3 Å². The van der Waals surface area contributed by atoms with Crippen molar-refractivity contribution in [3.05, 3.63) is 27.2 Å². The van der Waals surface area contributed by atoms with Gasteiger partial charge in [-0.3, -0.25) is 9.69 Å². The predicted molar refractivity (Wildman–Crippen MR) is 84.0 cm³/mol. The Morgan fingerprint density at radius 1 is 1.10 bits per heavy atom. The molecule has 0 atom stereocenters.